The van der Waals surface area contributed by atoms with E-state index in [1.165, 1.54) is 0 Å². The number of hydrogen-bond donors (Lipinski definition) is 1. The van der Waals surface area contributed by atoms with Crippen molar-refractivity contribution in [2.24, 2.45) is 0 Å². The van der Waals surface area contributed by atoms with E-state index in [0.29, 0.717) is 13.2 Å². The molecule has 1 aliphatic rings. The van der Waals surface area contributed by atoms with Gasteiger partial charge in [-0.25, -0.2) is 0 Å². The zero-order chi connectivity index (χ0) is 13.0. The Bertz CT molecular complexity index is 450. The number of fused-ring (bicyclic) bond motifs is 1. The number of carbonyl (C=O) groups is 1. The van der Waals surface area contributed by atoms with Crippen molar-refractivity contribution in [1.82, 2.24) is 5.32 Å². The molecule has 1 heterocycles. The number of halogens is 1. The summed E-state index contributed by atoms with van der Waals surface area (Å²) >= 11 is 3.42. The van der Waals surface area contributed by atoms with Gasteiger partial charge in [-0.05, 0) is 40.5 Å². The van der Waals surface area contributed by atoms with E-state index in [1.54, 1.807) is 6.92 Å². The zero-order valence-corrected chi connectivity index (χ0v) is 11.6. The molecule has 6 heteroatoms. The van der Waals surface area contributed by atoms with Gasteiger partial charge in [0, 0.05) is 6.54 Å². The van der Waals surface area contributed by atoms with Crippen LogP contribution in [-0.4, -0.2) is 25.9 Å². The maximum atomic E-state index is 11.1. The van der Waals surface area contributed by atoms with Gasteiger partial charge in [0.1, 0.15) is 0 Å². The number of carbonyl (C=O) groups excluding carboxylic acids is 1. The van der Waals surface area contributed by atoms with Crippen molar-refractivity contribution in [2.75, 3.05) is 19.9 Å². The van der Waals surface area contributed by atoms with E-state index in [4.69, 9.17) is 14.2 Å². The lowest BCUT2D eigenvalue weighted by molar-refractivity contribution is -0.142. The molecule has 1 aliphatic heterocycles. The Labute approximate surface area is 114 Å². The average molecular weight is 316 g/mol. The highest BCUT2D eigenvalue weighted by molar-refractivity contribution is 9.10. The van der Waals surface area contributed by atoms with Gasteiger partial charge in [0.2, 0.25) is 6.79 Å². The lowest BCUT2D eigenvalue weighted by Gasteiger charge is -2.07. The molecule has 0 spiro atoms. The summed E-state index contributed by atoms with van der Waals surface area (Å²) in [6.45, 7) is 3.19. The number of hydrogen-bond acceptors (Lipinski definition) is 5. The molecule has 0 amide bonds. The molecule has 18 heavy (non-hydrogen) atoms. The van der Waals surface area contributed by atoms with Crippen molar-refractivity contribution in [1.29, 1.82) is 0 Å². The van der Waals surface area contributed by atoms with Crippen LogP contribution in [0.5, 0.6) is 11.5 Å². The minimum Gasteiger partial charge on any atom is -0.465 e. The third kappa shape index (κ3) is 3.14. The minimum absolute atomic E-state index is 0.194. The topological polar surface area (TPSA) is 56.8 Å². The predicted molar refractivity (Wildman–Crippen MR) is 68.6 cm³/mol. The first-order valence-electron chi connectivity index (χ1n) is 5.65. The number of esters is 1. The number of ether oxygens (including phenoxy) is 3. The molecule has 1 N–H and O–H groups in total. The summed E-state index contributed by atoms with van der Waals surface area (Å²) in [5.41, 5.74) is 1.01. The maximum absolute atomic E-state index is 11.1. The fourth-order valence-corrected chi connectivity index (χ4v) is 2.25. The van der Waals surface area contributed by atoms with Crippen LogP contribution in [0.3, 0.4) is 0 Å². The molecule has 0 fully saturated rings. The molecule has 98 valence electrons. The highest BCUT2D eigenvalue weighted by atomic mass is 79.9. The van der Waals surface area contributed by atoms with Gasteiger partial charge >= 0.3 is 5.97 Å². The van der Waals surface area contributed by atoms with Crippen LogP contribution in [0, 0.1) is 0 Å². The molecule has 1 aromatic carbocycles. The first-order chi connectivity index (χ1) is 8.70. The Balaban J connectivity index is 1.90. The lowest BCUT2D eigenvalue weighted by Crippen LogP contribution is -2.24. The average Bonchev–Trinajstić information content (AvgIpc) is 2.78. The van der Waals surface area contributed by atoms with Crippen molar-refractivity contribution < 1.29 is 19.0 Å². The third-order valence-electron chi connectivity index (χ3n) is 2.39. The summed E-state index contributed by atoms with van der Waals surface area (Å²) in [4.78, 5) is 11.1. The molecule has 1 aromatic rings. The fourth-order valence-electron chi connectivity index (χ4n) is 1.64. The molecule has 0 radical (unpaired) electrons. The molecular formula is C12H14BrNO4. The summed E-state index contributed by atoms with van der Waals surface area (Å²) in [6.07, 6.45) is 0. The van der Waals surface area contributed by atoms with Crippen LogP contribution >= 0.6 is 15.9 Å². The SMILES string of the molecule is CCOC(=O)CNCc1cc(Br)c2c(c1)OCO2. The van der Waals surface area contributed by atoms with E-state index >= 15 is 0 Å². The molecule has 0 bridgehead atoms. The highest BCUT2D eigenvalue weighted by Crippen LogP contribution is 2.39. The largest absolute Gasteiger partial charge is 0.465 e. The second-order valence-electron chi connectivity index (χ2n) is 3.72. The minimum atomic E-state index is -0.252. The summed E-state index contributed by atoms with van der Waals surface area (Å²) in [5.74, 6) is 1.19. The quantitative estimate of drug-likeness (QED) is 0.840. The van der Waals surface area contributed by atoms with Gasteiger partial charge < -0.3 is 19.5 Å². The Morgan fingerprint density at radius 1 is 1.50 bits per heavy atom. The van der Waals surface area contributed by atoms with E-state index in [9.17, 15) is 4.79 Å². The van der Waals surface area contributed by atoms with Gasteiger partial charge in [0.25, 0.3) is 0 Å². The van der Waals surface area contributed by atoms with Crippen molar-refractivity contribution in [3.8, 4) is 11.5 Å². The zero-order valence-electron chi connectivity index (χ0n) is 9.99. The normalized spacial score (nSPS) is 12.6. The molecule has 0 saturated heterocycles. The first-order valence-corrected chi connectivity index (χ1v) is 6.44. The van der Waals surface area contributed by atoms with Gasteiger partial charge in [-0.3, -0.25) is 4.79 Å². The van der Waals surface area contributed by atoms with Crippen LogP contribution in [0.2, 0.25) is 0 Å². The summed E-state index contributed by atoms with van der Waals surface area (Å²) in [7, 11) is 0. The van der Waals surface area contributed by atoms with Gasteiger partial charge in [-0.2, -0.15) is 0 Å². The van der Waals surface area contributed by atoms with E-state index in [0.717, 1.165) is 21.5 Å². The van der Waals surface area contributed by atoms with Crippen LogP contribution in [0.4, 0.5) is 0 Å². The summed E-state index contributed by atoms with van der Waals surface area (Å²) < 4.78 is 16.3. The van der Waals surface area contributed by atoms with E-state index in [2.05, 4.69) is 21.2 Å². The van der Waals surface area contributed by atoms with Crippen LogP contribution in [0.25, 0.3) is 0 Å². The Hall–Kier alpha value is -1.27. The van der Waals surface area contributed by atoms with E-state index in [-0.39, 0.29) is 19.3 Å². The van der Waals surface area contributed by atoms with Crippen LogP contribution in [-0.2, 0) is 16.1 Å². The molecule has 0 aromatic heterocycles. The Morgan fingerprint density at radius 2 is 2.33 bits per heavy atom. The van der Waals surface area contributed by atoms with Crippen LogP contribution < -0.4 is 14.8 Å². The van der Waals surface area contributed by atoms with Crippen LogP contribution in [0.1, 0.15) is 12.5 Å². The van der Waals surface area contributed by atoms with Gasteiger partial charge in [-0.15, -0.1) is 0 Å². The van der Waals surface area contributed by atoms with Crippen LogP contribution in [0.15, 0.2) is 16.6 Å². The monoisotopic (exact) mass is 315 g/mol. The van der Waals surface area contributed by atoms with E-state index < -0.39 is 0 Å². The second-order valence-corrected chi connectivity index (χ2v) is 4.57. The number of benzene rings is 1. The molecular weight excluding hydrogens is 302 g/mol. The smallest absolute Gasteiger partial charge is 0.319 e. The Morgan fingerprint density at radius 3 is 3.11 bits per heavy atom. The van der Waals surface area contributed by atoms with Crippen molar-refractivity contribution in [3.05, 3.63) is 22.2 Å². The molecule has 0 saturated carbocycles. The van der Waals surface area contributed by atoms with E-state index in [1.807, 2.05) is 12.1 Å². The third-order valence-corrected chi connectivity index (χ3v) is 2.98. The van der Waals surface area contributed by atoms with Gasteiger partial charge in [0.05, 0.1) is 17.6 Å². The predicted octanol–water partition coefficient (Wildman–Crippen LogP) is 1.83. The van der Waals surface area contributed by atoms with Gasteiger partial charge in [-0.1, -0.05) is 0 Å². The number of nitrogens with one attached hydrogen (secondary N) is 1. The summed E-state index contributed by atoms with van der Waals surface area (Å²) in [5, 5.41) is 3.01. The highest BCUT2D eigenvalue weighted by Gasteiger charge is 2.17. The number of rotatable bonds is 5. The first kappa shape index (κ1) is 13.2. The maximum Gasteiger partial charge on any atom is 0.319 e. The fraction of sp³-hybridized carbons (Fsp3) is 0.417. The van der Waals surface area contributed by atoms with Crippen molar-refractivity contribution >= 4 is 21.9 Å². The molecule has 0 atom stereocenters. The lowest BCUT2D eigenvalue weighted by atomic mass is 10.2. The molecule has 5 nitrogen and oxygen atoms in total. The standard InChI is InChI=1S/C12H14BrNO4/c1-2-16-11(15)6-14-5-8-3-9(13)12-10(4-8)17-7-18-12/h3-4,14H,2,5-7H2,1H3. The second kappa shape index (κ2) is 6.06. The van der Waals surface area contributed by atoms with Crippen molar-refractivity contribution in [3.63, 3.8) is 0 Å². The molecule has 0 unspecified atom stereocenters. The van der Waals surface area contributed by atoms with Crippen molar-refractivity contribution in [2.45, 2.75) is 13.5 Å². The Kier molecular flexibility index (Phi) is 4.43. The molecule has 2 rings (SSSR count). The summed E-state index contributed by atoms with van der Waals surface area (Å²) in [6, 6.07) is 3.83. The molecule has 0 aliphatic carbocycles. The van der Waals surface area contributed by atoms with Gasteiger partial charge in [0.15, 0.2) is 11.5 Å².